The second-order valence-corrected chi connectivity index (χ2v) is 7.21. The molecule has 2 aromatic carbocycles. The molecule has 0 bridgehead atoms. The van der Waals surface area contributed by atoms with Crippen molar-refractivity contribution >= 4 is 5.71 Å². The average molecular weight is 349 g/mol. The maximum absolute atomic E-state index is 5.34. The lowest BCUT2D eigenvalue weighted by Crippen LogP contribution is -2.50. The highest BCUT2D eigenvalue weighted by Gasteiger charge is 2.33. The fourth-order valence-corrected chi connectivity index (χ4v) is 4.05. The van der Waals surface area contributed by atoms with Gasteiger partial charge in [0.1, 0.15) is 0 Å². The first kappa shape index (κ1) is 17.3. The number of hydrazone groups is 1. The highest BCUT2D eigenvalue weighted by molar-refractivity contribution is 5.93. The Bertz CT molecular complexity index is 684. The molecule has 1 atom stereocenters. The molecule has 4 nitrogen and oxygen atoms in total. The van der Waals surface area contributed by atoms with E-state index in [9.17, 15) is 0 Å². The van der Waals surface area contributed by atoms with Gasteiger partial charge in [-0.2, -0.15) is 5.10 Å². The van der Waals surface area contributed by atoms with Crippen LogP contribution in [0.1, 0.15) is 30.0 Å². The van der Waals surface area contributed by atoms with Crippen LogP contribution in [0.4, 0.5) is 0 Å². The van der Waals surface area contributed by atoms with Gasteiger partial charge in [0.05, 0.1) is 24.4 Å². The zero-order chi connectivity index (χ0) is 17.8. The summed E-state index contributed by atoms with van der Waals surface area (Å²) in [6.07, 6.45) is 2.40. The Morgan fingerprint density at radius 3 is 2.19 bits per heavy atom. The quantitative estimate of drug-likeness (QED) is 0.798. The summed E-state index contributed by atoms with van der Waals surface area (Å²) in [5.41, 5.74) is 3.97. The van der Waals surface area contributed by atoms with Crippen LogP contribution < -0.4 is 0 Å². The molecule has 0 amide bonds. The molecule has 4 heteroatoms. The van der Waals surface area contributed by atoms with E-state index in [4.69, 9.17) is 9.84 Å². The van der Waals surface area contributed by atoms with Gasteiger partial charge in [-0.3, -0.25) is 9.91 Å². The molecule has 2 aliphatic heterocycles. The number of rotatable bonds is 6. The van der Waals surface area contributed by atoms with Crippen LogP contribution in [0.3, 0.4) is 0 Å². The fraction of sp³-hybridized carbons (Fsp3) is 0.409. The lowest BCUT2D eigenvalue weighted by molar-refractivity contribution is 0.115. The summed E-state index contributed by atoms with van der Waals surface area (Å²) in [6, 6.07) is 22.3. The molecule has 2 fully saturated rings. The van der Waals surface area contributed by atoms with Crippen molar-refractivity contribution in [2.24, 2.45) is 5.10 Å². The van der Waals surface area contributed by atoms with E-state index < -0.39 is 0 Å². The minimum atomic E-state index is 0.296. The number of hydrogen-bond acceptors (Lipinski definition) is 4. The molecule has 4 rings (SSSR count). The Kier molecular flexibility index (Phi) is 5.32. The van der Waals surface area contributed by atoms with Crippen molar-refractivity contribution in [1.29, 1.82) is 0 Å². The molecular formula is C22H27N3O. The van der Waals surface area contributed by atoms with Gasteiger partial charge in [-0.15, -0.1) is 0 Å². The van der Waals surface area contributed by atoms with Crippen LogP contribution in [0.2, 0.25) is 0 Å². The van der Waals surface area contributed by atoms with Gasteiger partial charge < -0.3 is 4.74 Å². The van der Waals surface area contributed by atoms with Crippen LogP contribution >= 0.6 is 0 Å². The van der Waals surface area contributed by atoms with E-state index >= 15 is 0 Å². The molecule has 2 saturated heterocycles. The third kappa shape index (κ3) is 3.67. The Balaban J connectivity index is 1.49. The van der Waals surface area contributed by atoms with E-state index in [2.05, 4.69) is 70.6 Å². The lowest BCUT2D eigenvalue weighted by atomic mass is 9.94. The summed E-state index contributed by atoms with van der Waals surface area (Å²) in [5, 5.41) is 7.18. The van der Waals surface area contributed by atoms with Gasteiger partial charge in [0.2, 0.25) is 0 Å². The highest BCUT2D eigenvalue weighted by atomic mass is 16.5. The van der Waals surface area contributed by atoms with Gasteiger partial charge in [0.15, 0.2) is 0 Å². The second-order valence-electron chi connectivity index (χ2n) is 7.21. The largest absolute Gasteiger partial charge is 0.382 e. The Labute approximate surface area is 156 Å². The summed E-state index contributed by atoms with van der Waals surface area (Å²) in [7, 11) is 1.78. The van der Waals surface area contributed by atoms with Crippen molar-refractivity contribution in [2.45, 2.75) is 24.9 Å². The van der Waals surface area contributed by atoms with Gasteiger partial charge >= 0.3 is 0 Å². The van der Waals surface area contributed by atoms with Crippen LogP contribution in [0.5, 0.6) is 0 Å². The van der Waals surface area contributed by atoms with Crippen molar-refractivity contribution in [1.82, 2.24) is 9.91 Å². The number of nitrogens with zero attached hydrogens (tertiary/aromatic N) is 3. The standard InChI is InChI=1S/C22H27N3O/c1-26-17-21-13-8-14-25(21)23-20-15-24(16-20)22(18-9-4-2-5-10-18)19-11-6-3-7-12-19/h2-7,9-12,21-22H,8,13-17H2,1H3/t21-/m0/s1. The number of likely N-dealkylation sites (tertiary alicyclic amines) is 1. The van der Waals surface area contributed by atoms with Crippen molar-refractivity contribution in [2.75, 3.05) is 33.4 Å². The lowest BCUT2D eigenvalue weighted by Gasteiger charge is -2.40. The van der Waals surface area contributed by atoms with E-state index in [1.807, 2.05) is 0 Å². The molecule has 0 radical (unpaired) electrons. The number of benzene rings is 2. The van der Waals surface area contributed by atoms with E-state index in [1.54, 1.807) is 7.11 Å². The van der Waals surface area contributed by atoms with Crippen LogP contribution in [0.25, 0.3) is 0 Å². The third-order valence-corrected chi connectivity index (χ3v) is 5.34. The van der Waals surface area contributed by atoms with Gasteiger partial charge in [0, 0.05) is 26.7 Å². The number of ether oxygens (including phenoxy) is 1. The summed E-state index contributed by atoms with van der Waals surface area (Å²) in [4.78, 5) is 2.50. The fourth-order valence-electron chi connectivity index (χ4n) is 4.05. The van der Waals surface area contributed by atoms with E-state index in [0.29, 0.717) is 12.1 Å². The van der Waals surface area contributed by atoms with Gasteiger partial charge in [-0.05, 0) is 24.0 Å². The highest BCUT2D eigenvalue weighted by Crippen LogP contribution is 2.31. The zero-order valence-corrected chi connectivity index (χ0v) is 15.4. The van der Waals surface area contributed by atoms with Gasteiger partial charge in [-0.1, -0.05) is 60.7 Å². The Morgan fingerprint density at radius 2 is 1.62 bits per heavy atom. The topological polar surface area (TPSA) is 28.1 Å². The molecule has 2 aliphatic rings. The molecule has 0 unspecified atom stereocenters. The van der Waals surface area contributed by atoms with Crippen LogP contribution in [-0.4, -0.2) is 55.0 Å². The molecule has 2 aromatic rings. The minimum Gasteiger partial charge on any atom is -0.382 e. The molecule has 0 aliphatic carbocycles. The van der Waals surface area contributed by atoms with Crippen LogP contribution in [0.15, 0.2) is 65.8 Å². The van der Waals surface area contributed by atoms with Crippen molar-refractivity contribution in [3.05, 3.63) is 71.8 Å². The molecule has 136 valence electrons. The smallest absolute Gasteiger partial charge is 0.0704 e. The molecule has 0 spiro atoms. The van der Waals surface area contributed by atoms with E-state index in [1.165, 1.54) is 29.7 Å². The molecule has 2 heterocycles. The average Bonchev–Trinajstić information content (AvgIpc) is 3.09. The normalized spacial score (nSPS) is 20.5. The third-order valence-electron chi connectivity index (χ3n) is 5.34. The molecular weight excluding hydrogens is 322 g/mol. The first-order chi connectivity index (χ1) is 12.8. The zero-order valence-electron chi connectivity index (χ0n) is 15.4. The Morgan fingerprint density at radius 1 is 1.00 bits per heavy atom. The summed E-state index contributed by atoms with van der Waals surface area (Å²) >= 11 is 0. The van der Waals surface area contributed by atoms with E-state index in [0.717, 1.165) is 26.2 Å². The predicted octanol–water partition coefficient (Wildman–Crippen LogP) is 3.56. The second kappa shape index (κ2) is 8.02. The predicted molar refractivity (Wildman–Crippen MR) is 105 cm³/mol. The van der Waals surface area contributed by atoms with Crippen molar-refractivity contribution in [3.63, 3.8) is 0 Å². The maximum Gasteiger partial charge on any atom is 0.0704 e. The number of hydrogen-bond donors (Lipinski definition) is 0. The SMILES string of the molecule is COC[C@@H]1CCCN1N=C1CN(C(c2ccccc2)c2ccccc2)C1. The molecule has 26 heavy (non-hydrogen) atoms. The van der Waals surface area contributed by atoms with Crippen LogP contribution in [0, 0.1) is 0 Å². The van der Waals surface area contributed by atoms with Crippen molar-refractivity contribution < 1.29 is 4.74 Å². The minimum absolute atomic E-state index is 0.296. The van der Waals surface area contributed by atoms with Gasteiger partial charge in [0.25, 0.3) is 0 Å². The number of methoxy groups -OCH3 is 1. The molecule has 0 aromatic heterocycles. The monoisotopic (exact) mass is 349 g/mol. The Hall–Kier alpha value is -2.17. The first-order valence-electron chi connectivity index (χ1n) is 9.51. The van der Waals surface area contributed by atoms with Crippen molar-refractivity contribution in [3.8, 4) is 0 Å². The first-order valence-corrected chi connectivity index (χ1v) is 9.51. The van der Waals surface area contributed by atoms with Gasteiger partial charge in [-0.25, -0.2) is 0 Å². The summed E-state index contributed by atoms with van der Waals surface area (Å²) in [5.74, 6) is 0. The molecule has 0 saturated carbocycles. The van der Waals surface area contributed by atoms with E-state index in [-0.39, 0.29) is 0 Å². The molecule has 0 N–H and O–H groups in total. The maximum atomic E-state index is 5.34. The summed E-state index contributed by atoms with van der Waals surface area (Å²) < 4.78 is 5.34. The van der Waals surface area contributed by atoms with Crippen LogP contribution in [-0.2, 0) is 4.74 Å². The summed E-state index contributed by atoms with van der Waals surface area (Å²) in [6.45, 7) is 3.70.